The number of amides is 1. The van der Waals surface area contributed by atoms with Gasteiger partial charge in [0.25, 0.3) is 0 Å². The number of likely N-dealkylation sites (N-methyl/N-ethyl adjacent to an activating group) is 1. The summed E-state index contributed by atoms with van der Waals surface area (Å²) in [5.41, 5.74) is 0. The molecule has 3 heterocycles. The molecule has 1 aromatic heterocycles. The van der Waals surface area contributed by atoms with Crippen molar-refractivity contribution in [1.82, 2.24) is 15.2 Å². The molecule has 1 N–H and O–H groups in total. The highest BCUT2D eigenvalue weighted by Crippen LogP contribution is 2.26. The molecule has 0 saturated carbocycles. The molecule has 0 bridgehead atoms. The van der Waals surface area contributed by atoms with Crippen molar-refractivity contribution < 1.29 is 4.79 Å². The minimum atomic E-state index is 0.0279. The quantitative estimate of drug-likeness (QED) is 0.910. The summed E-state index contributed by atoms with van der Waals surface area (Å²) in [6.07, 6.45) is 6.13. The molecule has 3 rings (SSSR count). The molecule has 2 aliphatic rings. The van der Waals surface area contributed by atoms with Crippen LogP contribution in [-0.4, -0.2) is 54.6 Å². The van der Waals surface area contributed by atoms with E-state index >= 15 is 0 Å². The zero-order valence-electron chi connectivity index (χ0n) is 12.7. The van der Waals surface area contributed by atoms with E-state index in [0.29, 0.717) is 6.04 Å². The minimum absolute atomic E-state index is 0.0279. The van der Waals surface area contributed by atoms with Crippen LogP contribution in [0.3, 0.4) is 0 Å². The van der Waals surface area contributed by atoms with Crippen molar-refractivity contribution in [2.45, 2.75) is 37.8 Å². The molecule has 21 heavy (non-hydrogen) atoms. The van der Waals surface area contributed by atoms with Crippen LogP contribution in [0.15, 0.2) is 24.4 Å². The van der Waals surface area contributed by atoms with Crippen molar-refractivity contribution in [2.75, 3.05) is 31.6 Å². The fourth-order valence-electron chi connectivity index (χ4n) is 3.52. The zero-order valence-corrected chi connectivity index (χ0v) is 12.7. The number of hydrogen-bond acceptors (Lipinski definition) is 4. The number of nitrogens with one attached hydrogen (secondary N) is 1. The Labute approximate surface area is 126 Å². The number of piperidine rings is 1. The SMILES string of the molecule is CN(C(=O)C1CCCN1C1CCNCC1)c1ccccn1. The maximum Gasteiger partial charge on any atom is 0.245 e. The highest BCUT2D eigenvalue weighted by atomic mass is 16.2. The van der Waals surface area contributed by atoms with E-state index in [1.807, 2.05) is 25.2 Å². The van der Waals surface area contributed by atoms with Gasteiger partial charge in [0.05, 0.1) is 6.04 Å². The van der Waals surface area contributed by atoms with Gasteiger partial charge in [-0.2, -0.15) is 0 Å². The van der Waals surface area contributed by atoms with Crippen molar-refractivity contribution >= 4 is 11.7 Å². The Bertz CT molecular complexity index is 472. The Kier molecular flexibility index (Phi) is 4.51. The van der Waals surface area contributed by atoms with E-state index in [9.17, 15) is 4.79 Å². The van der Waals surface area contributed by atoms with Crippen molar-refractivity contribution in [3.63, 3.8) is 0 Å². The first-order valence-electron chi connectivity index (χ1n) is 7.92. The summed E-state index contributed by atoms with van der Waals surface area (Å²) in [6.45, 7) is 3.19. The maximum absolute atomic E-state index is 12.8. The van der Waals surface area contributed by atoms with Gasteiger partial charge in [0.15, 0.2) is 0 Å². The fraction of sp³-hybridized carbons (Fsp3) is 0.625. The number of carbonyl (C=O) groups is 1. The second-order valence-corrected chi connectivity index (χ2v) is 5.96. The molecule has 1 amide bonds. The average molecular weight is 288 g/mol. The van der Waals surface area contributed by atoms with Gasteiger partial charge in [-0.15, -0.1) is 0 Å². The second kappa shape index (κ2) is 6.54. The highest BCUT2D eigenvalue weighted by molar-refractivity contribution is 5.96. The van der Waals surface area contributed by atoms with Crippen LogP contribution >= 0.6 is 0 Å². The largest absolute Gasteiger partial charge is 0.317 e. The summed E-state index contributed by atoms with van der Waals surface area (Å²) in [5, 5.41) is 3.40. The molecule has 1 unspecified atom stereocenters. The Morgan fingerprint density at radius 1 is 1.33 bits per heavy atom. The lowest BCUT2D eigenvalue weighted by molar-refractivity contribution is -0.123. The van der Waals surface area contributed by atoms with Gasteiger partial charge in [-0.3, -0.25) is 14.6 Å². The molecule has 0 spiro atoms. The lowest BCUT2D eigenvalue weighted by Crippen LogP contribution is -2.51. The number of aromatic nitrogens is 1. The summed E-state index contributed by atoms with van der Waals surface area (Å²) in [7, 11) is 1.84. The minimum Gasteiger partial charge on any atom is -0.317 e. The van der Waals surface area contributed by atoms with Crippen molar-refractivity contribution in [1.29, 1.82) is 0 Å². The Hall–Kier alpha value is -1.46. The Morgan fingerprint density at radius 2 is 2.14 bits per heavy atom. The topological polar surface area (TPSA) is 48.5 Å². The highest BCUT2D eigenvalue weighted by Gasteiger charge is 2.37. The van der Waals surface area contributed by atoms with Crippen LogP contribution in [0.4, 0.5) is 5.82 Å². The molecule has 0 aliphatic carbocycles. The van der Waals surface area contributed by atoms with Crippen LogP contribution in [-0.2, 0) is 4.79 Å². The molecular formula is C16H24N4O. The van der Waals surface area contributed by atoms with Gasteiger partial charge in [-0.05, 0) is 57.5 Å². The van der Waals surface area contributed by atoms with Crippen LogP contribution in [0.2, 0.25) is 0 Å². The summed E-state index contributed by atoms with van der Waals surface area (Å²) in [4.78, 5) is 21.3. The van der Waals surface area contributed by atoms with Crippen molar-refractivity contribution in [2.24, 2.45) is 0 Å². The summed E-state index contributed by atoms with van der Waals surface area (Å²) in [5.74, 6) is 0.921. The van der Waals surface area contributed by atoms with E-state index in [4.69, 9.17) is 0 Å². The first-order chi connectivity index (χ1) is 10.3. The molecule has 114 valence electrons. The van der Waals surface area contributed by atoms with Crippen LogP contribution in [0.1, 0.15) is 25.7 Å². The number of hydrogen-bond donors (Lipinski definition) is 1. The number of rotatable bonds is 3. The Balaban J connectivity index is 1.70. The summed E-state index contributed by atoms with van der Waals surface area (Å²) in [6, 6.07) is 6.27. The Morgan fingerprint density at radius 3 is 2.86 bits per heavy atom. The number of nitrogens with zero attached hydrogens (tertiary/aromatic N) is 3. The molecule has 2 saturated heterocycles. The third-order valence-electron chi connectivity index (χ3n) is 4.68. The maximum atomic E-state index is 12.8. The predicted molar refractivity (Wildman–Crippen MR) is 83.3 cm³/mol. The smallest absolute Gasteiger partial charge is 0.245 e. The van der Waals surface area contributed by atoms with E-state index < -0.39 is 0 Å². The molecular weight excluding hydrogens is 264 g/mol. The van der Waals surface area contributed by atoms with Gasteiger partial charge in [0, 0.05) is 19.3 Å². The van der Waals surface area contributed by atoms with E-state index in [1.54, 1.807) is 11.1 Å². The number of likely N-dealkylation sites (tertiary alicyclic amines) is 1. The lowest BCUT2D eigenvalue weighted by atomic mass is 10.0. The van der Waals surface area contributed by atoms with Gasteiger partial charge >= 0.3 is 0 Å². The monoisotopic (exact) mass is 288 g/mol. The average Bonchev–Trinajstić information content (AvgIpc) is 3.04. The van der Waals surface area contributed by atoms with Gasteiger partial charge in [0.1, 0.15) is 5.82 Å². The standard InChI is InChI=1S/C16H24N4O/c1-19(15-6-2-3-9-18-15)16(21)14-5-4-12-20(14)13-7-10-17-11-8-13/h2-3,6,9,13-14,17H,4-5,7-8,10-12H2,1H3. The number of pyridine rings is 1. The second-order valence-electron chi connectivity index (χ2n) is 5.96. The van der Waals surface area contributed by atoms with Crippen molar-refractivity contribution in [3.05, 3.63) is 24.4 Å². The molecule has 5 nitrogen and oxygen atoms in total. The first-order valence-corrected chi connectivity index (χ1v) is 7.92. The van der Waals surface area contributed by atoms with E-state index in [1.165, 1.54) is 0 Å². The third kappa shape index (κ3) is 3.09. The normalized spacial score (nSPS) is 24.1. The molecule has 0 radical (unpaired) electrons. The summed E-state index contributed by atoms with van der Waals surface area (Å²) < 4.78 is 0. The van der Waals surface area contributed by atoms with Crippen molar-refractivity contribution in [3.8, 4) is 0 Å². The molecule has 5 heteroatoms. The van der Waals surface area contributed by atoms with E-state index in [2.05, 4.69) is 15.2 Å². The van der Waals surface area contributed by atoms with Gasteiger partial charge in [-0.1, -0.05) is 6.07 Å². The molecule has 2 fully saturated rings. The van der Waals surface area contributed by atoms with Gasteiger partial charge in [0.2, 0.25) is 5.91 Å². The van der Waals surface area contributed by atoms with Gasteiger partial charge < -0.3 is 5.32 Å². The van der Waals surface area contributed by atoms with E-state index in [-0.39, 0.29) is 11.9 Å². The molecule has 0 aromatic carbocycles. The van der Waals surface area contributed by atoms with Crippen LogP contribution in [0.5, 0.6) is 0 Å². The zero-order chi connectivity index (χ0) is 14.7. The summed E-state index contributed by atoms with van der Waals surface area (Å²) >= 11 is 0. The molecule has 1 aromatic rings. The lowest BCUT2D eigenvalue weighted by Gasteiger charge is -2.36. The van der Waals surface area contributed by atoms with Crippen LogP contribution < -0.4 is 10.2 Å². The predicted octanol–water partition coefficient (Wildman–Crippen LogP) is 1.26. The number of anilines is 1. The first kappa shape index (κ1) is 14.5. The molecule has 2 aliphatic heterocycles. The van der Waals surface area contributed by atoms with E-state index in [0.717, 1.165) is 51.1 Å². The van der Waals surface area contributed by atoms with Crippen LogP contribution in [0.25, 0.3) is 0 Å². The fourth-order valence-corrected chi connectivity index (χ4v) is 3.52. The third-order valence-corrected chi connectivity index (χ3v) is 4.68. The van der Waals surface area contributed by atoms with Crippen LogP contribution in [0, 0.1) is 0 Å². The molecule has 1 atom stereocenters. The number of carbonyl (C=O) groups excluding carboxylic acids is 1. The van der Waals surface area contributed by atoms with Gasteiger partial charge in [-0.25, -0.2) is 4.98 Å².